The summed E-state index contributed by atoms with van der Waals surface area (Å²) in [7, 11) is 4.56. The molecule has 0 unspecified atom stereocenters. The highest BCUT2D eigenvalue weighted by atomic mass is 19.4. The molecule has 4 rings (SSSR count). The highest BCUT2D eigenvalue weighted by Crippen LogP contribution is 2.40. The Balaban J connectivity index is 1.55. The Hall–Kier alpha value is -4.53. The summed E-state index contributed by atoms with van der Waals surface area (Å²) in [6.07, 6.45) is -4.89. The lowest BCUT2D eigenvalue weighted by Crippen LogP contribution is -2.31. The van der Waals surface area contributed by atoms with Crippen molar-refractivity contribution in [3.8, 4) is 17.4 Å². The van der Waals surface area contributed by atoms with Gasteiger partial charge in [-0.15, -0.1) is 0 Å². The predicted molar refractivity (Wildman–Crippen MR) is 151 cm³/mol. The fourth-order valence-electron chi connectivity index (χ4n) is 4.64. The molecule has 0 spiro atoms. The number of halogens is 5. The van der Waals surface area contributed by atoms with Crippen molar-refractivity contribution in [1.29, 1.82) is 0 Å². The van der Waals surface area contributed by atoms with Crippen molar-refractivity contribution in [2.24, 2.45) is 0 Å². The number of anilines is 2. The van der Waals surface area contributed by atoms with E-state index in [-0.39, 0.29) is 47.9 Å². The summed E-state index contributed by atoms with van der Waals surface area (Å²) in [4.78, 5) is 36.0. The highest BCUT2D eigenvalue weighted by Gasteiger charge is 2.37. The third kappa shape index (κ3) is 7.51. The molecule has 0 fully saturated rings. The van der Waals surface area contributed by atoms with E-state index in [0.717, 1.165) is 12.1 Å². The Labute approximate surface area is 250 Å². The molecule has 236 valence electrons. The summed E-state index contributed by atoms with van der Waals surface area (Å²) in [5.41, 5.74) is -1.00. The van der Waals surface area contributed by atoms with Crippen LogP contribution in [-0.4, -0.2) is 78.6 Å². The third-order valence-corrected chi connectivity index (χ3v) is 6.69. The van der Waals surface area contributed by atoms with Crippen LogP contribution in [0.3, 0.4) is 0 Å². The minimum Gasteiger partial charge on any atom is -0.495 e. The number of ether oxygens (including phenoxy) is 2. The van der Waals surface area contributed by atoms with Crippen LogP contribution >= 0.6 is 0 Å². The SMILES string of the molecule is COc1cc(C(=O)NCCCN(C)C[C@H](C)F)c(F)cc1Nc1ncc(C(F)(F)F)c(Oc2cccc3c2C(=O)N(C)C3)n1. The summed E-state index contributed by atoms with van der Waals surface area (Å²) >= 11 is 0. The molecule has 0 saturated carbocycles. The van der Waals surface area contributed by atoms with Crippen LogP contribution in [0.15, 0.2) is 36.5 Å². The Bertz CT molecular complexity index is 1530. The van der Waals surface area contributed by atoms with Crippen LogP contribution in [-0.2, 0) is 12.7 Å². The van der Waals surface area contributed by atoms with Crippen molar-refractivity contribution in [1.82, 2.24) is 25.1 Å². The molecule has 0 saturated heterocycles. The molecule has 15 heteroatoms. The van der Waals surface area contributed by atoms with Crippen LogP contribution in [0, 0.1) is 5.82 Å². The van der Waals surface area contributed by atoms with Crippen LogP contribution in [0.1, 0.15) is 45.2 Å². The number of hydrogen-bond acceptors (Lipinski definition) is 8. The van der Waals surface area contributed by atoms with Gasteiger partial charge in [0.1, 0.15) is 29.1 Å². The van der Waals surface area contributed by atoms with Crippen LogP contribution in [0.4, 0.5) is 33.6 Å². The van der Waals surface area contributed by atoms with Gasteiger partial charge in [-0.3, -0.25) is 9.59 Å². The molecule has 2 heterocycles. The number of alkyl halides is 4. The molecule has 1 atom stereocenters. The Kier molecular flexibility index (Phi) is 9.87. The lowest BCUT2D eigenvalue weighted by Gasteiger charge is -2.17. The Morgan fingerprint density at radius 2 is 1.98 bits per heavy atom. The van der Waals surface area contributed by atoms with Gasteiger partial charge in [0.15, 0.2) is 0 Å². The first-order valence-electron chi connectivity index (χ1n) is 13.5. The highest BCUT2D eigenvalue weighted by molar-refractivity contribution is 6.01. The molecule has 0 bridgehead atoms. The number of benzene rings is 2. The molecule has 1 aliphatic heterocycles. The number of nitrogens with zero attached hydrogens (tertiary/aromatic N) is 4. The zero-order valence-corrected chi connectivity index (χ0v) is 24.4. The number of rotatable bonds is 12. The second-order valence-corrected chi connectivity index (χ2v) is 10.3. The molecular weight excluding hydrogens is 591 g/mol. The third-order valence-electron chi connectivity index (χ3n) is 6.69. The van der Waals surface area contributed by atoms with E-state index in [1.807, 2.05) is 0 Å². The largest absolute Gasteiger partial charge is 0.495 e. The summed E-state index contributed by atoms with van der Waals surface area (Å²) < 4.78 is 80.4. The number of fused-ring (bicyclic) bond motifs is 1. The van der Waals surface area contributed by atoms with Crippen molar-refractivity contribution in [2.45, 2.75) is 32.2 Å². The molecule has 44 heavy (non-hydrogen) atoms. The van der Waals surface area contributed by atoms with Gasteiger partial charge in [0.05, 0.1) is 23.9 Å². The molecular formula is C29H31F5N6O4. The van der Waals surface area contributed by atoms with E-state index in [9.17, 15) is 27.2 Å². The Morgan fingerprint density at radius 1 is 1.23 bits per heavy atom. The summed E-state index contributed by atoms with van der Waals surface area (Å²) in [5, 5.41) is 5.20. The van der Waals surface area contributed by atoms with E-state index in [2.05, 4.69) is 20.6 Å². The van der Waals surface area contributed by atoms with Crippen molar-refractivity contribution in [2.75, 3.05) is 46.2 Å². The topological polar surface area (TPSA) is 109 Å². The van der Waals surface area contributed by atoms with Gasteiger partial charge in [-0.25, -0.2) is 13.8 Å². The minimum absolute atomic E-state index is 0.0197. The van der Waals surface area contributed by atoms with Gasteiger partial charge >= 0.3 is 6.18 Å². The first-order chi connectivity index (χ1) is 20.8. The van der Waals surface area contributed by atoms with E-state index >= 15 is 4.39 Å². The van der Waals surface area contributed by atoms with E-state index < -0.39 is 47.4 Å². The number of carbonyl (C=O) groups excluding carboxylic acids is 2. The predicted octanol–water partition coefficient (Wildman–Crippen LogP) is 5.17. The first kappa shape index (κ1) is 32.4. The van der Waals surface area contributed by atoms with Gasteiger partial charge in [-0.2, -0.15) is 18.2 Å². The van der Waals surface area contributed by atoms with Gasteiger partial charge in [0, 0.05) is 38.9 Å². The normalized spacial score (nSPS) is 13.6. The maximum absolute atomic E-state index is 15.0. The van der Waals surface area contributed by atoms with Gasteiger partial charge < -0.3 is 29.9 Å². The van der Waals surface area contributed by atoms with Crippen LogP contribution in [0.25, 0.3) is 0 Å². The average molecular weight is 623 g/mol. The standard InChI is InChI=1S/C29H31F5N6O4/c1-16(30)14-39(2)10-6-9-35-25(41)18-11-23(43-4)21(12-20(18)31)37-28-36-13-19(29(32,33)34)26(38-28)44-22-8-5-7-17-15-40(3)27(42)24(17)22/h5,7-8,11-13,16H,6,9-10,14-15H2,1-4H3,(H,35,41)(H,36,37,38)/t16-/m0/s1. The molecule has 1 aliphatic rings. The number of methoxy groups -OCH3 is 1. The lowest BCUT2D eigenvalue weighted by atomic mass is 10.1. The fourth-order valence-corrected chi connectivity index (χ4v) is 4.64. The van der Waals surface area contributed by atoms with Crippen molar-refractivity contribution in [3.63, 3.8) is 0 Å². The molecule has 2 aromatic carbocycles. The van der Waals surface area contributed by atoms with Crippen LogP contribution < -0.4 is 20.1 Å². The van der Waals surface area contributed by atoms with Gasteiger partial charge in [-0.1, -0.05) is 12.1 Å². The average Bonchev–Trinajstić information content (AvgIpc) is 3.24. The molecule has 10 nitrogen and oxygen atoms in total. The smallest absolute Gasteiger partial charge is 0.423 e. The number of amides is 2. The number of hydrogen-bond donors (Lipinski definition) is 2. The van der Waals surface area contributed by atoms with Gasteiger partial charge in [0.25, 0.3) is 11.8 Å². The minimum atomic E-state index is -4.90. The second-order valence-electron chi connectivity index (χ2n) is 10.3. The van der Waals surface area contributed by atoms with E-state index in [1.165, 1.54) is 25.0 Å². The van der Waals surface area contributed by atoms with Crippen molar-refractivity contribution >= 4 is 23.5 Å². The molecule has 2 amide bonds. The maximum Gasteiger partial charge on any atom is 0.423 e. The second kappa shape index (κ2) is 13.4. The van der Waals surface area contributed by atoms with Crippen molar-refractivity contribution < 1.29 is 41.0 Å². The number of nitrogens with one attached hydrogen (secondary N) is 2. The van der Waals surface area contributed by atoms with Crippen LogP contribution in [0.2, 0.25) is 0 Å². The van der Waals surface area contributed by atoms with Crippen LogP contribution in [0.5, 0.6) is 17.4 Å². The van der Waals surface area contributed by atoms with Gasteiger partial charge in [0.2, 0.25) is 11.8 Å². The van der Waals surface area contributed by atoms with E-state index in [0.29, 0.717) is 24.7 Å². The zero-order valence-electron chi connectivity index (χ0n) is 24.4. The first-order valence-corrected chi connectivity index (χ1v) is 13.5. The quantitative estimate of drug-likeness (QED) is 0.210. The van der Waals surface area contributed by atoms with E-state index in [1.54, 1.807) is 31.1 Å². The number of carbonyl (C=O) groups is 2. The summed E-state index contributed by atoms with van der Waals surface area (Å²) in [6.45, 7) is 2.68. The maximum atomic E-state index is 15.0. The van der Waals surface area contributed by atoms with Gasteiger partial charge in [-0.05, 0) is 44.6 Å². The molecule has 0 radical (unpaired) electrons. The molecule has 3 aromatic rings. The number of aromatic nitrogens is 2. The monoisotopic (exact) mass is 622 g/mol. The fraction of sp³-hybridized carbons (Fsp3) is 0.379. The zero-order chi connectivity index (χ0) is 32.2. The molecule has 0 aliphatic carbocycles. The molecule has 2 N–H and O–H groups in total. The summed E-state index contributed by atoms with van der Waals surface area (Å²) in [6, 6.07) is 6.62. The van der Waals surface area contributed by atoms with E-state index in [4.69, 9.17) is 9.47 Å². The summed E-state index contributed by atoms with van der Waals surface area (Å²) in [5.74, 6) is -3.49. The lowest BCUT2D eigenvalue weighted by molar-refractivity contribution is -0.139. The Morgan fingerprint density at radius 3 is 2.66 bits per heavy atom. The van der Waals surface area contributed by atoms with Crippen molar-refractivity contribution in [3.05, 3.63) is 64.6 Å². The molecule has 1 aromatic heterocycles.